The van der Waals surface area contributed by atoms with Gasteiger partial charge in [-0.05, 0) is 39.3 Å². The lowest BCUT2D eigenvalue weighted by molar-refractivity contribution is -0.185. The number of ether oxygens (including phenoxy) is 1. The zero-order valence-corrected chi connectivity index (χ0v) is 24.8. The van der Waals surface area contributed by atoms with E-state index in [0.717, 1.165) is 21.9 Å². The van der Waals surface area contributed by atoms with Crippen molar-refractivity contribution >= 4 is 30.4 Å². The summed E-state index contributed by atoms with van der Waals surface area (Å²) in [7, 11) is -3.91. The summed E-state index contributed by atoms with van der Waals surface area (Å²) in [4.78, 5) is 28.3. The molecule has 40 heavy (non-hydrogen) atoms. The predicted molar refractivity (Wildman–Crippen MR) is 151 cm³/mol. The van der Waals surface area contributed by atoms with Crippen LogP contribution in [0.4, 0.5) is 5.82 Å². The van der Waals surface area contributed by atoms with Crippen LogP contribution in [0.1, 0.15) is 39.5 Å². The van der Waals surface area contributed by atoms with E-state index in [-0.39, 0.29) is 49.7 Å². The van der Waals surface area contributed by atoms with E-state index in [9.17, 15) is 29.5 Å². The van der Waals surface area contributed by atoms with Crippen LogP contribution in [0.25, 0.3) is 0 Å². The third-order valence-electron chi connectivity index (χ3n) is 5.92. The minimum absolute atomic E-state index is 0.0256. The Morgan fingerprint density at radius 1 is 1.18 bits per heavy atom. The first kappa shape index (κ1) is 34.1. The average molecular weight is 603 g/mol. The Morgan fingerprint density at radius 3 is 2.42 bits per heavy atom. The van der Waals surface area contributed by atoms with Crippen LogP contribution in [0.2, 0.25) is 0 Å². The lowest BCUT2D eigenvalue weighted by Gasteiger charge is -2.35. The molecule has 0 bridgehead atoms. The van der Waals surface area contributed by atoms with Crippen LogP contribution < -0.4 is 16.5 Å². The van der Waals surface area contributed by atoms with Gasteiger partial charge in [0.2, 0.25) is 0 Å². The normalized spacial score (nSPS) is 16.6. The van der Waals surface area contributed by atoms with E-state index >= 15 is 0 Å². The van der Waals surface area contributed by atoms with Crippen molar-refractivity contribution in [2.24, 2.45) is 5.41 Å². The molecule has 0 aliphatic carbocycles. The summed E-state index contributed by atoms with van der Waals surface area (Å²) in [6.45, 7) is 5.08. The minimum Gasteiger partial charge on any atom is -0.395 e. The molecule has 13 nitrogen and oxygen atoms in total. The van der Waals surface area contributed by atoms with Crippen molar-refractivity contribution in [1.29, 1.82) is 0 Å². The number of carbonyl (C=O) groups is 1. The number of rotatable bonds is 17. The summed E-state index contributed by atoms with van der Waals surface area (Å²) in [5.74, 6) is 0.147. The van der Waals surface area contributed by atoms with E-state index in [2.05, 4.69) is 10.1 Å². The molecule has 2 aromatic rings. The van der Waals surface area contributed by atoms with E-state index < -0.39 is 36.8 Å². The summed E-state index contributed by atoms with van der Waals surface area (Å²) in [5.41, 5.74) is 2.74. The van der Waals surface area contributed by atoms with Gasteiger partial charge in [0.15, 0.2) is 11.3 Å². The summed E-state index contributed by atoms with van der Waals surface area (Å²) >= 11 is 0.949. The third kappa shape index (κ3) is 10.1. The SMILES string of the molecule is C[C@@H](O)[C@@](C)(O)C(OCCOP(=O)(NCc1ccccc1)OCCSC(=O)C(C)(C)CO)n1ccc(N)nc1=O. The number of nitrogens with zero attached hydrogens (tertiary/aromatic N) is 2. The number of benzene rings is 1. The maximum Gasteiger partial charge on any atom is 0.405 e. The van der Waals surface area contributed by atoms with Gasteiger partial charge < -0.3 is 25.8 Å². The van der Waals surface area contributed by atoms with Crippen LogP contribution in [0, 0.1) is 5.41 Å². The van der Waals surface area contributed by atoms with Crippen LogP contribution in [0.5, 0.6) is 0 Å². The number of hydrogen-bond acceptors (Lipinski definition) is 12. The quantitative estimate of drug-likeness (QED) is 0.130. The number of nitrogen functional groups attached to an aromatic ring is 1. The second-order valence-electron chi connectivity index (χ2n) is 9.83. The highest BCUT2D eigenvalue weighted by molar-refractivity contribution is 8.13. The summed E-state index contributed by atoms with van der Waals surface area (Å²) in [5, 5.41) is 32.9. The number of hydrogen-bond donors (Lipinski definition) is 5. The van der Waals surface area contributed by atoms with Crippen molar-refractivity contribution < 1.29 is 38.5 Å². The molecule has 224 valence electrons. The fraction of sp³-hybridized carbons (Fsp3) is 0.560. The lowest BCUT2D eigenvalue weighted by Crippen LogP contribution is -2.49. The highest BCUT2D eigenvalue weighted by Gasteiger charge is 2.40. The number of thioether (sulfide) groups is 1. The van der Waals surface area contributed by atoms with Gasteiger partial charge in [-0.2, -0.15) is 4.98 Å². The zero-order valence-electron chi connectivity index (χ0n) is 23.1. The van der Waals surface area contributed by atoms with Gasteiger partial charge in [0, 0.05) is 18.5 Å². The van der Waals surface area contributed by atoms with Gasteiger partial charge in [0.05, 0.1) is 37.9 Å². The van der Waals surface area contributed by atoms with Crippen molar-refractivity contribution in [3.63, 3.8) is 0 Å². The number of nitrogens with one attached hydrogen (secondary N) is 1. The van der Waals surface area contributed by atoms with Gasteiger partial charge in [0.1, 0.15) is 11.4 Å². The van der Waals surface area contributed by atoms with Crippen molar-refractivity contribution in [3.05, 3.63) is 58.6 Å². The molecule has 2 rings (SSSR count). The molecule has 15 heteroatoms. The maximum absolute atomic E-state index is 13.5. The molecule has 1 heterocycles. The summed E-state index contributed by atoms with van der Waals surface area (Å²) in [6, 6.07) is 10.5. The smallest absolute Gasteiger partial charge is 0.395 e. The number of aliphatic hydroxyl groups is 3. The van der Waals surface area contributed by atoms with Crippen molar-refractivity contribution in [3.8, 4) is 0 Å². The molecule has 0 fully saturated rings. The first-order valence-corrected chi connectivity index (χ1v) is 15.1. The van der Waals surface area contributed by atoms with Gasteiger partial charge in [-0.25, -0.2) is 14.4 Å². The molecule has 0 saturated heterocycles. The van der Waals surface area contributed by atoms with E-state index in [1.165, 1.54) is 26.1 Å². The van der Waals surface area contributed by atoms with Crippen LogP contribution >= 0.6 is 19.5 Å². The number of carbonyl (C=O) groups excluding carboxylic acids is 1. The van der Waals surface area contributed by atoms with E-state index in [1.807, 2.05) is 30.3 Å². The van der Waals surface area contributed by atoms with Gasteiger partial charge in [-0.3, -0.25) is 18.4 Å². The van der Waals surface area contributed by atoms with Gasteiger partial charge in [-0.1, -0.05) is 42.1 Å². The van der Waals surface area contributed by atoms with Crippen molar-refractivity contribution in [2.75, 3.05) is 37.9 Å². The molecule has 1 aromatic carbocycles. The Kier molecular flexibility index (Phi) is 12.9. The fourth-order valence-electron chi connectivity index (χ4n) is 3.12. The van der Waals surface area contributed by atoms with Crippen molar-refractivity contribution in [1.82, 2.24) is 14.6 Å². The summed E-state index contributed by atoms with van der Waals surface area (Å²) in [6.07, 6.45) is -1.41. The topological polar surface area (TPSA) is 195 Å². The number of aromatic nitrogens is 2. The first-order valence-electron chi connectivity index (χ1n) is 12.5. The fourth-order valence-corrected chi connectivity index (χ4v) is 5.33. The molecule has 0 aliphatic heterocycles. The molecule has 1 aromatic heterocycles. The van der Waals surface area contributed by atoms with E-state index in [4.69, 9.17) is 19.5 Å². The predicted octanol–water partition coefficient (Wildman–Crippen LogP) is 1.68. The Labute approximate surface area is 237 Å². The second-order valence-corrected chi connectivity index (χ2v) is 12.7. The molecule has 0 radical (unpaired) electrons. The maximum atomic E-state index is 13.5. The first-order chi connectivity index (χ1) is 18.7. The Bertz CT molecular complexity index is 1190. The van der Waals surface area contributed by atoms with Crippen LogP contribution in [-0.4, -0.2) is 73.9 Å². The van der Waals surface area contributed by atoms with E-state index in [1.54, 1.807) is 13.8 Å². The van der Waals surface area contributed by atoms with Gasteiger partial charge >= 0.3 is 13.4 Å². The Balaban J connectivity index is 2.07. The second kappa shape index (κ2) is 15.2. The number of aliphatic hydroxyl groups excluding tert-OH is 2. The highest BCUT2D eigenvalue weighted by Crippen LogP contribution is 2.44. The van der Waals surface area contributed by atoms with Crippen LogP contribution in [0.3, 0.4) is 0 Å². The largest absolute Gasteiger partial charge is 0.405 e. The zero-order chi connectivity index (χ0) is 30.0. The minimum atomic E-state index is -3.91. The number of nitrogens with two attached hydrogens (primary N) is 1. The molecular weight excluding hydrogens is 563 g/mol. The lowest BCUT2D eigenvalue weighted by atomic mass is 9.97. The van der Waals surface area contributed by atoms with Crippen molar-refractivity contribution in [2.45, 2.75) is 52.2 Å². The average Bonchev–Trinajstić information content (AvgIpc) is 2.91. The Hall–Kier alpha value is -2.13. The molecule has 0 spiro atoms. The highest BCUT2D eigenvalue weighted by atomic mass is 32.2. The molecular formula is C25H39N4O9PS. The molecule has 4 atom stereocenters. The molecule has 0 saturated carbocycles. The Morgan fingerprint density at radius 2 is 1.82 bits per heavy atom. The monoisotopic (exact) mass is 602 g/mol. The molecule has 2 unspecified atom stereocenters. The van der Waals surface area contributed by atoms with Gasteiger partial charge in [-0.15, -0.1) is 0 Å². The third-order valence-corrected chi connectivity index (χ3v) is 8.69. The standard InChI is InChI=1S/C25H39N4O9PS/c1-18(31)25(4,34)21(29-11-10-20(26)28-23(29)33)36-12-13-37-39(35,27-16-19-8-6-5-7-9-19)38-14-15-40-22(32)24(2,3)17-30/h5-11,18,21,30-31,34H,12-17H2,1-4H3,(H,27,35)(H2,26,28,33)/t18-,21?,25-,39?/m1/s1. The number of anilines is 1. The molecule has 6 N–H and O–H groups in total. The molecule has 0 aliphatic rings. The summed E-state index contributed by atoms with van der Waals surface area (Å²) < 4.78 is 31.3. The van der Waals surface area contributed by atoms with E-state index in [0.29, 0.717) is 0 Å². The van der Waals surface area contributed by atoms with Gasteiger partial charge in [0.25, 0.3) is 0 Å². The van der Waals surface area contributed by atoms with Crippen LogP contribution in [0.15, 0.2) is 47.4 Å². The van der Waals surface area contributed by atoms with Crippen LogP contribution in [-0.2, 0) is 29.7 Å². The molecule has 0 amide bonds.